The minimum atomic E-state index is -0.179. The molecule has 7 aromatic rings. The van der Waals surface area contributed by atoms with Crippen molar-refractivity contribution in [2.45, 2.75) is 57.8 Å². The molecule has 0 unspecified atom stereocenters. The van der Waals surface area contributed by atoms with E-state index in [1.54, 1.807) is 0 Å². The predicted molar refractivity (Wildman–Crippen MR) is 197 cm³/mol. The molecular weight excluding hydrogens is 569 g/mol. The molecule has 3 aliphatic rings. The highest BCUT2D eigenvalue weighted by atomic mass is 15.1. The summed E-state index contributed by atoms with van der Waals surface area (Å²) in [5.74, 6) is 0. The van der Waals surface area contributed by atoms with Crippen molar-refractivity contribution in [3.05, 3.63) is 155 Å². The Balaban J connectivity index is 1.29. The number of para-hydroxylation sites is 3. The zero-order valence-electron chi connectivity index (χ0n) is 27.9. The molecule has 2 aliphatic heterocycles. The Labute approximate surface area is 276 Å². The number of benzene rings is 6. The third-order valence-electron chi connectivity index (χ3n) is 11.9. The van der Waals surface area contributed by atoms with Crippen molar-refractivity contribution in [1.82, 2.24) is 4.57 Å². The lowest BCUT2D eigenvalue weighted by Gasteiger charge is -2.42. The van der Waals surface area contributed by atoms with Crippen molar-refractivity contribution in [2.24, 2.45) is 0 Å². The summed E-state index contributed by atoms with van der Waals surface area (Å²) in [6, 6.07) is 45.8. The Kier molecular flexibility index (Phi) is 4.97. The maximum absolute atomic E-state index is 2.61. The van der Waals surface area contributed by atoms with Crippen LogP contribution in [0.5, 0.6) is 0 Å². The minimum Gasteiger partial charge on any atom is -0.310 e. The molecule has 3 heterocycles. The van der Waals surface area contributed by atoms with Gasteiger partial charge >= 0.3 is 0 Å². The summed E-state index contributed by atoms with van der Waals surface area (Å²) < 4.78 is 2.61. The van der Waals surface area contributed by atoms with E-state index in [0.717, 1.165) is 0 Å². The number of hydrogen-bond acceptors (Lipinski definition) is 1. The van der Waals surface area contributed by atoms with E-state index >= 15 is 0 Å². The third-order valence-corrected chi connectivity index (χ3v) is 11.9. The first-order valence-corrected chi connectivity index (χ1v) is 17.0. The average Bonchev–Trinajstić information content (AvgIpc) is 3.52. The molecule has 0 radical (unpaired) electrons. The quantitative estimate of drug-likeness (QED) is 0.194. The number of fused-ring (bicyclic) bond motifs is 4. The number of aromatic nitrogens is 1. The highest BCUT2D eigenvalue weighted by molar-refractivity contribution is 6.15. The van der Waals surface area contributed by atoms with Gasteiger partial charge in [-0.2, -0.15) is 0 Å². The smallest absolute Gasteiger partial charge is 0.0583 e. The van der Waals surface area contributed by atoms with Crippen molar-refractivity contribution >= 4 is 38.9 Å². The van der Waals surface area contributed by atoms with Crippen LogP contribution < -0.4 is 4.90 Å². The molecule has 6 aromatic carbocycles. The van der Waals surface area contributed by atoms with Gasteiger partial charge in [0.2, 0.25) is 0 Å². The third kappa shape index (κ3) is 3.21. The van der Waals surface area contributed by atoms with Crippen LogP contribution in [-0.4, -0.2) is 4.57 Å². The summed E-state index contributed by atoms with van der Waals surface area (Å²) in [6.45, 7) is 14.4. The van der Waals surface area contributed by atoms with E-state index < -0.39 is 0 Å². The lowest BCUT2D eigenvalue weighted by atomic mass is 9.68. The molecule has 2 nitrogen and oxygen atoms in total. The van der Waals surface area contributed by atoms with Crippen molar-refractivity contribution < 1.29 is 0 Å². The molecule has 1 aliphatic carbocycles. The highest BCUT2D eigenvalue weighted by Crippen LogP contribution is 2.57. The largest absolute Gasteiger partial charge is 0.310 e. The van der Waals surface area contributed by atoms with Crippen LogP contribution in [0.2, 0.25) is 0 Å². The second-order valence-corrected chi connectivity index (χ2v) is 15.4. The molecule has 0 spiro atoms. The standard InChI is InChI=1S/C45H38N2/c1-43(2)34-18-11-10-16-30(34)31-23-22-28(25-38(31)43)46(27-14-8-7-9-15-27)29-24-33-32-17-12-19-35-40(32)47-41(33)39(26-29)45(5,6)37-21-13-20-36(42(37)47)44(35,3)4/h7-26H,1-6H3. The van der Waals surface area contributed by atoms with Crippen LogP contribution >= 0.6 is 0 Å². The Morgan fingerprint density at radius 3 is 1.77 bits per heavy atom. The molecule has 228 valence electrons. The van der Waals surface area contributed by atoms with Gasteiger partial charge in [0, 0.05) is 44.1 Å². The van der Waals surface area contributed by atoms with Gasteiger partial charge in [-0.05, 0) is 80.9 Å². The fourth-order valence-corrected chi connectivity index (χ4v) is 9.45. The van der Waals surface area contributed by atoms with Gasteiger partial charge in [-0.25, -0.2) is 0 Å². The van der Waals surface area contributed by atoms with E-state index in [4.69, 9.17) is 0 Å². The molecule has 1 aromatic heterocycles. The summed E-state index contributed by atoms with van der Waals surface area (Å²) in [6.07, 6.45) is 0. The molecule has 47 heavy (non-hydrogen) atoms. The van der Waals surface area contributed by atoms with Crippen LogP contribution in [0, 0.1) is 0 Å². The number of anilines is 3. The Bertz CT molecular complexity index is 2490. The Morgan fingerprint density at radius 2 is 0.979 bits per heavy atom. The Hall–Kier alpha value is -5.08. The van der Waals surface area contributed by atoms with Gasteiger partial charge < -0.3 is 9.47 Å². The molecule has 0 saturated heterocycles. The number of nitrogens with zero attached hydrogens (tertiary/aromatic N) is 2. The minimum absolute atomic E-state index is 0.0739. The van der Waals surface area contributed by atoms with Crippen molar-refractivity contribution in [3.63, 3.8) is 0 Å². The maximum Gasteiger partial charge on any atom is 0.0583 e. The maximum atomic E-state index is 2.61. The zero-order chi connectivity index (χ0) is 32.0. The summed E-state index contributed by atoms with van der Waals surface area (Å²) in [4.78, 5) is 2.48. The summed E-state index contributed by atoms with van der Waals surface area (Å²) >= 11 is 0. The first kappa shape index (κ1) is 27.1. The molecule has 0 bridgehead atoms. The second-order valence-electron chi connectivity index (χ2n) is 15.4. The summed E-state index contributed by atoms with van der Waals surface area (Å²) in [5.41, 5.74) is 18.4. The monoisotopic (exact) mass is 606 g/mol. The number of hydrogen-bond donors (Lipinski definition) is 0. The van der Waals surface area contributed by atoms with Gasteiger partial charge in [0.25, 0.3) is 0 Å². The molecule has 0 amide bonds. The average molecular weight is 607 g/mol. The fraction of sp³-hybridized carbons (Fsp3) is 0.200. The molecule has 0 fully saturated rings. The molecular formula is C45H38N2. The summed E-state index contributed by atoms with van der Waals surface area (Å²) in [5, 5.41) is 2.67. The molecule has 0 N–H and O–H groups in total. The van der Waals surface area contributed by atoms with Crippen molar-refractivity contribution in [3.8, 4) is 16.8 Å². The van der Waals surface area contributed by atoms with Gasteiger partial charge in [-0.15, -0.1) is 0 Å². The topological polar surface area (TPSA) is 8.17 Å². The van der Waals surface area contributed by atoms with E-state index in [0.29, 0.717) is 0 Å². The second kappa shape index (κ2) is 8.63. The lowest BCUT2D eigenvalue weighted by molar-refractivity contribution is 0.593. The first-order chi connectivity index (χ1) is 22.6. The van der Waals surface area contributed by atoms with Crippen LogP contribution in [0.3, 0.4) is 0 Å². The molecule has 2 heteroatoms. The summed E-state index contributed by atoms with van der Waals surface area (Å²) in [7, 11) is 0. The van der Waals surface area contributed by atoms with Crippen LogP contribution in [0.1, 0.15) is 74.9 Å². The molecule has 0 saturated carbocycles. The van der Waals surface area contributed by atoms with Gasteiger partial charge in [0.15, 0.2) is 0 Å². The van der Waals surface area contributed by atoms with Crippen LogP contribution in [0.4, 0.5) is 17.1 Å². The van der Waals surface area contributed by atoms with E-state index in [9.17, 15) is 0 Å². The lowest BCUT2D eigenvalue weighted by Crippen LogP contribution is -2.33. The Morgan fingerprint density at radius 1 is 0.404 bits per heavy atom. The van der Waals surface area contributed by atoms with E-state index in [1.165, 1.54) is 89.1 Å². The molecule has 0 atom stereocenters. The van der Waals surface area contributed by atoms with Gasteiger partial charge in [0.1, 0.15) is 0 Å². The van der Waals surface area contributed by atoms with Crippen molar-refractivity contribution in [1.29, 1.82) is 0 Å². The van der Waals surface area contributed by atoms with E-state index in [1.807, 2.05) is 0 Å². The molecule has 10 rings (SSSR count). The van der Waals surface area contributed by atoms with Crippen LogP contribution in [0.15, 0.2) is 121 Å². The van der Waals surface area contributed by atoms with E-state index in [-0.39, 0.29) is 16.2 Å². The zero-order valence-corrected chi connectivity index (χ0v) is 27.9. The van der Waals surface area contributed by atoms with Gasteiger partial charge in [0.05, 0.1) is 16.7 Å². The predicted octanol–water partition coefficient (Wildman–Crippen LogP) is 11.8. The highest BCUT2D eigenvalue weighted by Gasteiger charge is 2.43. The fourth-order valence-electron chi connectivity index (χ4n) is 9.45. The van der Waals surface area contributed by atoms with Gasteiger partial charge in [-0.1, -0.05) is 126 Å². The SMILES string of the molecule is CC1(C)c2ccccc2-c2ccc(N(c3ccccc3)c3cc4c5c(c3)c3cccc6c3n5-c3c(cccc3C4(C)C)C6(C)C)cc21. The first-order valence-electron chi connectivity index (χ1n) is 17.0. The number of rotatable bonds is 3. The van der Waals surface area contributed by atoms with Crippen LogP contribution in [-0.2, 0) is 16.2 Å². The van der Waals surface area contributed by atoms with E-state index in [2.05, 4.69) is 172 Å². The van der Waals surface area contributed by atoms with Gasteiger partial charge in [-0.3, -0.25) is 0 Å². The van der Waals surface area contributed by atoms with Crippen LogP contribution in [0.25, 0.3) is 38.6 Å². The van der Waals surface area contributed by atoms with Crippen molar-refractivity contribution in [2.75, 3.05) is 4.90 Å². The normalized spacial score (nSPS) is 16.8.